The lowest BCUT2D eigenvalue weighted by atomic mass is 9.98. The van der Waals surface area contributed by atoms with Crippen LogP contribution in [0.3, 0.4) is 0 Å². The van der Waals surface area contributed by atoms with Gasteiger partial charge in [-0.3, -0.25) is 14.5 Å². The van der Waals surface area contributed by atoms with Crippen molar-refractivity contribution >= 4 is 17.5 Å². The smallest absolute Gasteiger partial charge is 0.262 e. The van der Waals surface area contributed by atoms with Gasteiger partial charge in [0.15, 0.2) is 0 Å². The first-order valence-electron chi connectivity index (χ1n) is 12.8. The van der Waals surface area contributed by atoms with Crippen LogP contribution in [0.25, 0.3) is 0 Å². The van der Waals surface area contributed by atoms with E-state index in [2.05, 4.69) is 4.90 Å². The highest BCUT2D eigenvalue weighted by Crippen LogP contribution is 2.34. The first-order chi connectivity index (χ1) is 18.0. The minimum absolute atomic E-state index is 0.0153. The quantitative estimate of drug-likeness (QED) is 0.491. The molecular formula is C28H36N4O5. The van der Waals surface area contributed by atoms with Crippen LogP contribution < -0.4 is 9.47 Å². The number of benzene rings is 2. The minimum Gasteiger partial charge on any atom is -0.497 e. The zero-order chi connectivity index (χ0) is 26.2. The van der Waals surface area contributed by atoms with Crippen molar-refractivity contribution in [3.05, 3.63) is 59.7 Å². The molecule has 0 N–H and O–H groups in total. The van der Waals surface area contributed by atoms with Gasteiger partial charge in [0.2, 0.25) is 5.91 Å². The fourth-order valence-electron chi connectivity index (χ4n) is 4.64. The van der Waals surface area contributed by atoms with Crippen LogP contribution in [0.1, 0.15) is 36.9 Å². The Kier molecular flexibility index (Phi) is 9.14. The fraction of sp³-hybridized carbons (Fsp3) is 0.464. The van der Waals surface area contributed by atoms with E-state index in [1.807, 2.05) is 55.5 Å². The molecule has 0 unspecified atom stereocenters. The molecular weight excluding hydrogens is 472 g/mol. The molecule has 0 spiro atoms. The summed E-state index contributed by atoms with van der Waals surface area (Å²) in [6, 6.07) is 15.1. The Morgan fingerprint density at radius 3 is 2.46 bits per heavy atom. The van der Waals surface area contributed by atoms with Crippen molar-refractivity contribution in [1.82, 2.24) is 14.8 Å². The average molecular weight is 509 g/mol. The third kappa shape index (κ3) is 6.67. The highest BCUT2D eigenvalue weighted by atomic mass is 16.5. The Balaban J connectivity index is 1.56. The Hall–Kier alpha value is -3.43. The van der Waals surface area contributed by atoms with Gasteiger partial charge in [-0.2, -0.15) is 5.10 Å². The van der Waals surface area contributed by atoms with E-state index in [1.54, 1.807) is 24.1 Å². The van der Waals surface area contributed by atoms with Crippen LogP contribution in [-0.4, -0.2) is 92.5 Å². The number of hydrogen-bond donors (Lipinski definition) is 0. The summed E-state index contributed by atoms with van der Waals surface area (Å²) in [6.07, 6.45) is 0.900. The number of hydrazone groups is 1. The molecule has 2 heterocycles. The summed E-state index contributed by atoms with van der Waals surface area (Å²) in [6.45, 7) is 6.07. The number of nitrogens with zero attached hydrogens (tertiary/aromatic N) is 4. The topological polar surface area (TPSA) is 83.9 Å². The van der Waals surface area contributed by atoms with Crippen molar-refractivity contribution < 1.29 is 23.8 Å². The predicted molar refractivity (Wildman–Crippen MR) is 141 cm³/mol. The van der Waals surface area contributed by atoms with Crippen molar-refractivity contribution in [2.24, 2.45) is 5.10 Å². The number of methoxy groups -OCH3 is 2. The summed E-state index contributed by atoms with van der Waals surface area (Å²) in [5.74, 6) is 1.23. The molecule has 9 heteroatoms. The van der Waals surface area contributed by atoms with Gasteiger partial charge in [-0.05, 0) is 29.8 Å². The van der Waals surface area contributed by atoms with E-state index in [4.69, 9.17) is 19.3 Å². The van der Waals surface area contributed by atoms with Gasteiger partial charge in [-0.15, -0.1) is 0 Å². The molecule has 4 rings (SSSR count). The highest BCUT2D eigenvalue weighted by molar-refractivity contribution is 6.03. The Bertz CT molecular complexity index is 1100. The van der Waals surface area contributed by atoms with Crippen molar-refractivity contribution in [3.63, 3.8) is 0 Å². The van der Waals surface area contributed by atoms with Crippen LogP contribution >= 0.6 is 0 Å². The standard InChI is InChI=1S/C28H36N4O5/c1-4-27(33)31(13-12-30-14-16-37-17-15-30)20-28(34)32-26(21-8-10-23(35-2)11-9-21)19-25(29-32)22-6-5-7-24(18-22)36-3/h5-11,18,26H,4,12-17,19-20H2,1-3H3/t26-/m1/s1. The molecule has 2 aromatic carbocycles. The molecule has 0 saturated carbocycles. The summed E-state index contributed by atoms with van der Waals surface area (Å²) in [4.78, 5) is 30.4. The SMILES string of the molecule is CCC(=O)N(CCN1CCOCC1)CC(=O)N1N=C(c2cccc(OC)c2)C[C@@H]1c1ccc(OC)cc1. The summed E-state index contributed by atoms with van der Waals surface area (Å²) in [5, 5.41) is 6.31. The molecule has 37 heavy (non-hydrogen) atoms. The van der Waals surface area contributed by atoms with Crippen molar-refractivity contribution in [2.45, 2.75) is 25.8 Å². The summed E-state index contributed by atoms with van der Waals surface area (Å²) >= 11 is 0. The number of carbonyl (C=O) groups is 2. The number of morpholine rings is 1. The van der Waals surface area contributed by atoms with E-state index in [0.29, 0.717) is 39.1 Å². The summed E-state index contributed by atoms with van der Waals surface area (Å²) < 4.78 is 16.1. The number of hydrogen-bond acceptors (Lipinski definition) is 7. The van der Waals surface area contributed by atoms with E-state index >= 15 is 0 Å². The number of rotatable bonds is 10. The van der Waals surface area contributed by atoms with Crippen molar-refractivity contribution in [2.75, 3.05) is 60.2 Å². The summed E-state index contributed by atoms with van der Waals surface area (Å²) in [5.41, 5.74) is 2.66. The number of ether oxygens (including phenoxy) is 3. The lowest BCUT2D eigenvalue weighted by Gasteiger charge is -2.31. The van der Waals surface area contributed by atoms with E-state index in [9.17, 15) is 9.59 Å². The molecule has 1 saturated heterocycles. The van der Waals surface area contributed by atoms with E-state index in [0.717, 1.165) is 41.4 Å². The van der Waals surface area contributed by atoms with Crippen LogP contribution in [0.4, 0.5) is 0 Å². The van der Waals surface area contributed by atoms with Gasteiger partial charge in [0.05, 0.1) is 39.2 Å². The first-order valence-corrected chi connectivity index (χ1v) is 12.8. The Morgan fingerprint density at radius 2 is 1.78 bits per heavy atom. The molecule has 2 aliphatic rings. The molecule has 2 aromatic rings. The predicted octanol–water partition coefficient (Wildman–Crippen LogP) is 2.95. The van der Waals surface area contributed by atoms with Crippen LogP contribution in [0, 0.1) is 0 Å². The van der Waals surface area contributed by atoms with Crippen LogP contribution in [-0.2, 0) is 14.3 Å². The highest BCUT2D eigenvalue weighted by Gasteiger charge is 2.34. The van der Waals surface area contributed by atoms with E-state index in [-0.39, 0.29) is 24.4 Å². The van der Waals surface area contributed by atoms with E-state index < -0.39 is 0 Å². The molecule has 198 valence electrons. The second-order valence-electron chi connectivity index (χ2n) is 9.13. The zero-order valence-corrected chi connectivity index (χ0v) is 21.9. The second-order valence-corrected chi connectivity index (χ2v) is 9.13. The number of carbonyl (C=O) groups excluding carboxylic acids is 2. The molecule has 9 nitrogen and oxygen atoms in total. The monoisotopic (exact) mass is 508 g/mol. The number of amides is 2. The van der Waals surface area contributed by atoms with Gasteiger partial charge in [0.1, 0.15) is 18.0 Å². The Labute approximate surface area is 218 Å². The third-order valence-electron chi connectivity index (χ3n) is 6.84. The average Bonchev–Trinajstić information content (AvgIpc) is 3.41. The fourth-order valence-corrected chi connectivity index (χ4v) is 4.64. The van der Waals surface area contributed by atoms with Gasteiger partial charge in [-0.25, -0.2) is 5.01 Å². The molecule has 0 aliphatic carbocycles. The molecule has 0 aromatic heterocycles. The molecule has 1 fully saturated rings. The van der Waals surface area contributed by atoms with Gasteiger partial charge in [-0.1, -0.05) is 31.2 Å². The minimum atomic E-state index is -0.280. The maximum absolute atomic E-state index is 13.7. The van der Waals surface area contributed by atoms with Crippen LogP contribution in [0.15, 0.2) is 53.6 Å². The van der Waals surface area contributed by atoms with Crippen molar-refractivity contribution in [1.29, 1.82) is 0 Å². The van der Waals surface area contributed by atoms with E-state index in [1.165, 1.54) is 0 Å². The van der Waals surface area contributed by atoms with Gasteiger partial charge in [0, 0.05) is 44.6 Å². The lowest BCUT2D eigenvalue weighted by Crippen LogP contribution is -2.46. The molecule has 2 aliphatic heterocycles. The third-order valence-corrected chi connectivity index (χ3v) is 6.84. The largest absolute Gasteiger partial charge is 0.497 e. The first kappa shape index (κ1) is 26.6. The van der Waals surface area contributed by atoms with Crippen molar-refractivity contribution in [3.8, 4) is 11.5 Å². The molecule has 1 atom stereocenters. The van der Waals surface area contributed by atoms with Gasteiger partial charge in [0.25, 0.3) is 5.91 Å². The zero-order valence-electron chi connectivity index (χ0n) is 21.9. The van der Waals surface area contributed by atoms with Gasteiger partial charge >= 0.3 is 0 Å². The van der Waals surface area contributed by atoms with Crippen LogP contribution in [0.5, 0.6) is 11.5 Å². The molecule has 0 bridgehead atoms. The maximum atomic E-state index is 13.7. The Morgan fingerprint density at radius 1 is 1.05 bits per heavy atom. The van der Waals surface area contributed by atoms with Crippen LogP contribution in [0.2, 0.25) is 0 Å². The normalized spacial score (nSPS) is 17.9. The second kappa shape index (κ2) is 12.7. The van der Waals surface area contributed by atoms with Gasteiger partial charge < -0.3 is 19.1 Å². The lowest BCUT2D eigenvalue weighted by molar-refractivity contribution is -0.141. The molecule has 0 radical (unpaired) electrons. The maximum Gasteiger partial charge on any atom is 0.262 e. The molecule has 2 amide bonds. The summed E-state index contributed by atoms with van der Waals surface area (Å²) in [7, 11) is 3.25.